The van der Waals surface area contributed by atoms with Gasteiger partial charge >= 0.3 is 5.97 Å². The summed E-state index contributed by atoms with van der Waals surface area (Å²) in [5, 5.41) is 0. The van der Waals surface area contributed by atoms with Crippen LogP contribution in [0.2, 0.25) is 11.1 Å². The number of ether oxygens (including phenoxy) is 1. The molecule has 0 radical (unpaired) electrons. The standard InChI is InChI=1S/C12H24O2Si/c1-7-11(13)14-12(8-2)15(9(3)4)10(5)6/h7,9-10,12,15H,1,8H2,2-6H3. The monoisotopic (exact) mass is 228 g/mol. The van der Waals surface area contributed by atoms with Crippen LogP contribution >= 0.6 is 0 Å². The van der Waals surface area contributed by atoms with Crippen LogP contribution in [0.15, 0.2) is 12.7 Å². The Morgan fingerprint density at radius 2 is 1.80 bits per heavy atom. The van der Waals surface area contributed by atoms with Crippen molar-refractivity contribution in [1.82, 2.24) is 0 Å². The van der Waals surface area contributed by atoms with Gasteiger partial charge < -0.3 is 4.74 Å². The van der Waals surface area contributed by atoms with Crippen LogP contribution in [0.1, 0.15) is 41.0 Å². The predicted molar refractivity (Wildman–Crippen MR) is 67.7 cm³/mol. The lowest BCUT2D eigenvalue weighted by atomic mass is 10.5. The minimum Gasteiger partial charge on any atom is -0.463 e. The Labute approximate surface area is 95.3 Å². The van der Waals surface area contributed by atoms with Gasteiger partial charge in [-0.2, -0.15) is 0 Å². The molecule has 0 aromatic rings. The molecule has 1 unspecified atom stereocenters. The number of carbonyl (C=O) groups is 1. The molecule has 0 fully saturated rings. The SMILES string of the molecule is C=CC(=O)OC(CC)[SiH](C(C)C)C(C)C. The summed E-state index contributed by atoms with van der Waals surface area (Å²) in [7, 11) is -1.06. The molecular weight excluding hydrogens is 204 g/mol. The highest BCUT2D eigenvalue weighted by Gasteiger charge is 2.30. The van der Waals surface area contributed by atoms with E-state index in [-0.39, 0.29) is 11.7 Å². The molecule has 0 saturated carbocycles. The summed E-state index contributed by atoms with van der Waals surface area (Å²) in [6, 6.07) is 0. The van der Waals surface area contributed by atoms with E-state index in [1.54, 1.807) is 0 Å². The Kier molecular flexibility index (Phi) is 6.57. The maximum atomic E-state index is 11.2. The third-order valence-corrected chi connectivity index (χ3v) is 7.35. The molecule has 0 aromatic carbocycles. The van der Waals surface area contributed by atoms with Gasteiger partial charge in [-0.25, -0.2) is 4.79 Å². The van der Waals surface area contributed by atoms with Gasteiger partial charge in [0.2, 0.25) is 0 Å². The average Bonchev–Trinajstić information content (AvgIpc) is 2.15. The summed E-state index contributed by atoms with van der Waals surface area (Å²) < 4.78 is 5.44. The number of hydrogen-bond acceptors (Lipinski definition) is 2. The van der Waals surface area contributed by atoms with Crippen molar-refractivity contribution in [2.75, 3.05) is 0 Å². The summed E-state index contributed by atoms with van der Waals surface area (Å²) in [6.45, 7) is 14.5. The van der Waals surface area contributed by atoms with E-state index in [0.717, 1.165) is 6.42 Å². The molecule has 0 spiro atoms. The van der Waals surface area contributed by atoms with Crippen LogP contribution in [-0.4, -0.2) is 20.5 Å². The van der Waals surface area contributed by atoms with E-state index in [2.05, 4.69) is 41.2 Å². The highest BCUT2D eigenvalue weighted by Crippen LogP contribution is 2.26. The van der Waals surface area contributed by atoms with Gasteiger partial charge in [0.15, 0.2) is 0 Å². The Hall–Kier alpha value is -0.573. The van der Waals surface area contributed by atoms with E-state index in [0.29, 0.717) is 11.1 Å². The Morgan fingerprint density at radius 3 is 2.07 bits per heavy atom. The minimum absolute atomic E-state index is 0.149. The summed E-state index contributed by atoms with van der Waals surface area (Å²) in [5.41, 5.74) is 1.47. The van der Waals surface area contributed by atoms with E-state index in [9.17, 15) is 4.79 Å². The lowest BCUT2D eigenvalue weighted by molar-refractivity contribution is -0.139. The van der Waals surface area contributed by atoms with Gasteiger partial charge in [-0.05, 0) is 6.42 Å². The smallest absolute Gasteiger partial charge is 0.330 e. The van der Waals surface area contributed by atoms with Crippen LogP contribution in [0.25, 0.3) is 0 Å². The first-order valence-electron chi connectivity index (χ1n) is 5.77. The van der Waals surface area contributed by atoms with Crippen LogP contribution in [0.5, 0.6) is 0 Å². The zero-order valence-electron chi connectivity index (χ0n) is 10.6. The van der Waals surface area contributed by atoms with Gasteiger partial charge in [-0.3, -0.25) is 0 Å². The fourth-order valence-electron chi connectivity index (χ4n) is 2.26. The highest BCUT2D eigenvalue weighted by atomic mass is 28.3. The quantitative estimate of drug-likeness (QED) is 0.397. The normalized spacial score (nSPS) is 13.3. The van der Waals surface area contributed by atoms with Gasteiger partial charge in [-0.1, -0.05) is 52.3 Å². The topological polar surface area (TPSA) is 26.3 Å². The molecule has 1 atom stereocenters. The summed E-state index contributed by atoms with van der Waals surface area (Å²) in [4.78, 5) is 11.2. The third-order valence-electron chi connectivity index (χ3n) is 2.81. The van der Waals surface area contributed by atoms with Crippen LogP contribution in [-0.2, 0) is 9.53 Å². The van der Waals surface area contributed by atoms with Crippen molar-refractivity contribution in [3.05, 3.63) is 12.7 Å². The van der Waals surface area contributed by atoms with Crippen LogP contribution < -0.4 is 0 Å². The third kappa shape index (κ3) is 4.65. The van der Waals surface area contributed by atoms with Crippen molar-refractivity contribution in [2.24, 2.45) is 0 Å². The molecule has 0 aliphatic heterocycles. The number of esters is 1. The van der Waals surface area contributed by atoms with E-state index < -0.39 is 8.80 Å². The van der Waals surface area contributed by atoms with Crippen molar-refractivity contribution in [3.63, 3.8) is 0 Å². The average molecular weight is 228 g/mol. The molecule has 0 amide bonds. The van der Waals surface area contributed by atoms with E-state index in [1.807, 2.05) is 0 Å². The predicted octanol–water partition coefficient (Wildman–Crippen LogP) is 3.08. The zero-order chi connectivity index (χ0) is 12.0. The van der Waals surface area contributed by atoms with Crippen LogP contribution in [0.3, 0.4) is 0 Å². The largest absolute Gasteiger partial charge is 0.463 e. The van der Waals surface area contributed by atoms with Crippen molar-refractivity contribution < 1.29 is 9.53 Å². The second-order valence-electron chi connectivity index (χ2n) is 4.65. The molecule has 0 heterocycles. The second-order valence-corrected chi connectivity index (χ2v) is 9.22. The lowest BCUT2D eigenvalue weighted by Gasteiger charge is -2.30. The fourth-order valence-corrected chi connectivity index (χ4v) is 6.35. The van der Waals surface area contributed by atoms with Gasteiger partial charge in [0, 0.05) is 6.08 Å². The Morgan fingerprint density at radius 1 is 1.33 bits per heavy atom. The van der Waals surface area contributed by atoms with Gasteiger partial charge in [0.25, 0.3) is 0 Å². The summed E-state index contributed by atoms with van der Waals surface area (Å²) >= 11 is 0. The van der Waals surface area contributed by atoms with Crippen molar-refractivity contribution in [3.8, 4) is 0 Å². The van der Waals surface area contributed by atoms with Crippen molar-refractivity contribution in [1.29, 1.82) is 0 Å². The van der Waals surface area contributed by atoms with Gasteiger partial charge in [0.05, 0.1) is 14.5 Å². The minimum atomic E-state index is -1.06. The Balaban J connectivity index is 4.59. The molecule has 0 aliphatic carbocycles. The van der Waals surface area contributed by atoms with Crippen molar-refractivity contribution in [2.45, 2.75) is 57.8 Å². The first-order valence-corrected chi connectivity index (χ1v) is 7.77. The van der Waals surface area contributed by atoms with E-state index >= 15 is 0 Å². The number of carbonyl (C=O) groups excluding carboxylic acids is 1. The molecule has 88 valence electrons. The van der Waals surface area contributed by atoms with Crippen LogP contribution in [0.4, 0.5) is 0 Å². The molecule has 0 saturated heterocycles. The Bertz CT molecular complexity index is 204. The maximum Gasteiger partial charge on any atom is 0.330 e. The van der Waals surface area contributed by atoms with Gasteiger partial charge in [-0.15, -0.1) is 0 Å². The van der Waals surface area contributed by atoms with E-state index in [4.69, 9.17) is 4.74 Å². The summed E-state index contributed by atoms with van der Waals surface area (Å²) in [5.74, 6) is -0.277. The van der Waals surface area contributed by atoms with E-state index in [1.165, 1.54) is 6.08 Å². The van der Waals surface area contributed by atoms with Crippen molar-refractivity contribution >= 4 is 14.8 Å². The van der Waals surface area contributed by atoms with Gasteiger partial charge in [0.1, 0.15) is 0 Å². The molecule has 0 aromatic heterocycles. The fraction of sp³-hybridized carbons (Fsp3) is 0.750. The molecule has 2 nitrogen and oxygen atoms in total. The molecule has 0 rings (SSSR count). The first-order chi connectivity index (χ1) is 6.93. The molecule has 0 N–H and O–H groups in total. The zero-order valence-corrected chi connectivity index (χ0v) is 11.8. The second kappa shape index (κ2) is 6.83. The molecule has 15 heavy (non-hydrogen) atoms. The summed E-state index contributed by atoms with van der Waals surface area (Å²) in [6.07, 6.45) is 2.18. The molecular formula is C12H24O2Si. The molecule has 3 heteroatoms. The molecule has 0 bridgehead atoms. The molecule has 0 aliphatic rings. The lowest BCUT2D eigenvalue weighted by Crippen LogP contribution is -2.39. The number of rotatable bonds is 6. The number of hydrogen-bond donors (Lipinski definition) is 0. The highest BCUT2D eigenvalue weighted by molar-refractivity contribution is 6.63. The van der Waals surface area contributed by atoms with Crippen LogP contribution in [0, 0.1) is 0 Å². The first kappa shape index (κ1) is 14.4. The maximum absolute atomic E-state index is 11.2.